The minimum Gasteiger partial charge on any atom is -0.384 e. The SMILES string of the molecule is CC(C)CS(=O)(=O)NCc1cc(C#CCO)ccc1F. The summed E-state index contributed by atoms with van der Waals surface area (Å²) in [6.07, 6.45) is 0. The van der Waals surface area contributed by atoms with Gasteiger partial charge in [0.05, 0.1) is 5.75 Å². The predicted molar refractivity (Wildman–Crippen MR) is 75.8 cm³/mol. The van der Waals surface area contributed by atoms with Gasteiger partial charge in [-0.1, -0.05) is 25.7 Å². The summed E-state index contributed by atoms with van der Waals surface area (Å²) in [7, 11) is -3.42. The lowest BCUT2D eigenvalue weighted by molar-refractivity contribution is 0.350. The first kappa shape index (κ1) is 16.6. The van der Waals surface area contributed by atoms with Crippen LogP contribution in [0.15, 0.2) is 18.2 Å². The van der Waals surface area contributed by atoms with Crippen molar-refractivity contribution in [2.24, 2.45) is 5.92 Å². The number of halogens is 1. The van der Waals surface area contributed by atoms with Crippen LogP contribution in [0, 0.1) is 23.6 Å². The van der Waals surface area contributed by atoms with E-state index in [1.165, 1.54) is 18.2 Å². The number of hydrogen-bond donors (Lipinski definition) is 2. The summed E-state index contributed by atoms with van der Waals surface area (Å²) in [5.41, 5.74) is 0.751. The first-order chi connectivity index (χ1) is 9.34. The van der Waals surface area contributed by atoms with Gasteiger partial charge in [-0.3, -0.25) is 0 Å². The minimum absolute atomic E-state index is 0.000831. The van der Waals surface area contributed by atoms with Crippen molar-refractivity contribution < 1.29 is 17.9 Å². The number of hydrogen-bond acceptors (Lipinski definition) is 3. The molecule has 0 bridgehead atoms. The monoisotopic (exact) mass is 299 g/mol. The molecule has 0 aromatic heterocycles. The third-order valence-electron chi connectivity index (χ3n) is 2.39. The molecule has 110 valence electrons. The smallest absolute Gasteiger partial charge is 0.212 e. The van der Waals surface area contributed by atoms with Gasteiger partial charge in [0.15, 0.2) is 0 Å². The number of aliphatic hydroxyl groups is 1. The summed E-state index contributed by atoms with van der Waals surface area (Å²) >= 11 is 0. The largest absolute Gasteiger partial charge is 0.384 e. The highest BCUT2D eigenvalue weighted by Crippen LogP contribution is 2.10. The van der Waals surface area contributed by atoms with Crippen LogP contribution in [-0.2, 0) is 16.6 Å². The molecule has 0 aliphatic heterocycles. The Morgan fingerprint density at radius 1 is 1.40 bits per heavy atom. The van der Waals surface area contributed by atoms with Gasteiger partial charge in [0.25, 0.3) is 0 Å². The molecule has 0 aliphatic carbocycles. The van der Waals surface area contributed by atoms with Gasteiger partial charge >= 0.3 is 0 Å². The molecule has 0 saturated carbocycles. The Morgan fingerprint density at radius 3 is 2.70 bits per heavy atom. The Morgan fingerprint density at radius 2 is 2.10 bits per heavy atom. The first-order valence-corrected chi connectivity index (χ1v) is 7.85. The number of rotatable bonds is 5. The molecule has 0 fully saturated rings. The van der Waals surface area contributed by atoms with E-state index in [1.807, 2.05) is 0 Å². The average Bonchev–Trinajstić information content (AvgIpc) is 2.34. The third-order valence-corrected chi connectivity index (χ3v) is 4.08. The highest BCUT2D eigenvalue weighted by molar-refractivity contribution is 7.89. The van der Waals surface area contributed by atoms with Crippen molar-refractivity contribution in [3.05, 3.63) is 35.1 Å². The molecule has 0 heterocycles. The number of benzene rings is 1. The molecule has 1 aromatic rings. The highest BCUT2D eigenvalue weighted by atomic mass is 32.2. The Bertz CT molecular complexity index is 615. The van der Waals surface area contributed by atoms with Crippen LogP contribution in [0.25, 0.3) is 0 Å². The van der Waals surface area contributed by atoms with E-state index in [0.717, 1.165) is 0 Å². The number of aliphatic hydroxyl groups excluding tert-OH is 1. The van der Waals surface area contributed by atoms with Crippen molar-refractivity contribution in [1.29, 1.82) is 0 Å². The zero-order chi connectivity index (χ0) is 15.2. The Labute approximate surface area is 119 Å². The van der Waals surface area contributed by atoms with Crippen LogP contribution in [0.1, 0.15) is 25.0 Å². The summed E-state index contributed by atoms with van der Waals surface area (Å²) in [5, 5.41) is 8.61. The van der Waals surface area contributed by atoms with Crippen LogP contribution in [0.5, 0.6) is 0 Å². The average molecular weight is 299 g/mol. The summed E-state index contributed by atoms with van der Waals surface area (Å²) in [6.45, 7) is 3.19. The second-order valence-corrected chi connectivity index (χ2v) is 6.61. The van der Waals surface area contributed by atoms with E-state index < -0.39 is 15.8 Å². The molecule has 20 heavy (non-hydrogen) atoms. The molecular formula is C14H18FNO3S. The summed E-state index contributed by atoms with van der Waals surface area (Å²) in [5.74, 6) is 4.61. The maximum Gasteiger partial charge on any atom is 0.212 e. The van der Waals surface area contributed by atoms with Crippen LogP contribution in [0.3, 0.4) is 0 Å². The van der Waals surface area contributed by atoms with E-state index in [9.17, 15) is 12.8 Å². The van der Waals surface area contributed by atoms with Crippen LogP contribution in [-0.4, -0.2) is 25.9 Å². The Hall–Kier alpha value is -1.42. The van der Waals surface area contributed by atoms with E-state index in [-0.39, 0.29) is 30.4 Å². The lowest BCUT2D eigenvalue weighted by atomic mass is 10.1. The summed E-state index contributed by atoms with van der Waals surface area (Å²) in [6, 6.07) is 4.17. The second-order valence-electron chi connectivity index (χ2n) is 4.76. The summed E-state index contributed by atoms with van der Waals surface area (Å²) in [4.78, 5) is 0. The molecule has 0 radical (unpaired) electrons. The van der Waals surface area contributed by atoms with Crippen LogP contribution in [0.2, 0.25) is 0 Å². The fraction of sp³-hybridized carbons (Fsp3) is 0.429. The topological polar surface area (TPSA) is 66.4 Å². The summed E-state index contributed by atoms with van der Waals surface area (Å²) < 4.78 is 39.3. The van der Waals surface area contributed by atoms with Crippen LogP contribution < -0.4 is 4.72 Å². The van der Waals surface area contributed by atoms with Gasteiger partial charge in [-0.15, -0.1) is 0 Å². The normalized spacial score (nSPS) is 11.2. The van der Waals surface area contributed by atoms with Crippen molar-refractivity contribution >= 4 is 10.0 Å². The molecule has 4 nitrogen and oxygen atoms in total. The van der Waals surface area contributed by atoms with E-state index >= 15 is 0 Å². The third kappa shape index (κ3) is 5.70. The zero-order valence-corrected chi connectivity index (χ0v) is 12.3. The van der Waals surface area contributed by atoms with Crippen molar-refractivity contribution in [3.8, 4) is 11.8 Å². The lowest BCUT2D eigenvalue weighted by Crippen LogP contribution is -2.28. The fourth-order valence-electron chi connectivity index (χ4n) is 1.62. The van der Waals surface area contributed by atoms with E-state index in [1.54, 1.807) is 13.8 Å². The van der Waals surface area contributed by atoms with E-state index in [0.29, 0.717) is 5.56 Å². The molecule has 6 heteroatoms. The van der Waals surface area contributed by atoms with Crippen molar-refractivity contribution in [2.45, 2.75) is 20.4 Å². The molecule has 2 N–H and O–H groups in total. The Kier molecular flexibility index (Phi) is 6.14. The van der Waals surface area contributed by atoms with Gasteiger partial charge in [-0.2, -0.15) is 0 Å². The predicted octanol–water partition coefficient (Wildman–Crippen LogP) is 1.24. The highest BCUT2D eigenvalue weighted by Gasteiger charge is 2.13. The molecule has 0 amide bonds. The van der Waals surface area contributed by atoms with Crippen LogP contribution in [0.4, 0.5) is 4.39 Å². The second kappa shape index (κ2) is 7.39. The van der Waals surface area contributed by atoms with E-state index in [4.69, 9.17) is 5.11 Å². The van der Waals surface area contributed by atoms with Gasteiger partial charge in [0.1, 0.15) is 12.4 Å². The van der Waals surface area contributed by atoms with Crippen LogP contribution >= 0.6 is 0 Å². The first-order valence-electron chi connectivity index (χ1n) is 6.19. The van der Waals surface area contributed by atoms with Crippen molar-refractivity contribution in [3.63, 3.8) is 0 Å². The molecule has 0 spiro atoms. The standard InChI is InChI=1S/C14H18FNO3S/c1-11(2)10-20(18,19)16-9-13-8-12(4-3-7-17)5-6-14(13)15/h5-6,8,11,16-17H,7,9-10H2,1-2H3. The molecule has 1 aromatic carbocycles. The zero-order valence-electron chi connectivity index (χ0n) is 11.5. The quantitative estimate of drug-likeness (QED) is 0.804. The molecule has 0 atom stereocenters. The van der Waals surface area contributed by atoms with Crippen molar-refractivity contribution in [2.75, 3.05) is 12.4 Å². The van der Waals surface area contributed by atoms with Gasteiger partial charge in [-0.25, -0.2) is 17.5 Å². The van der Waals surface area contributed by atoms with Gasteiger partial charge < -0.3 is 5.11 Å². The van der Waals surface area contributed by atoms with Gasteiger partial charge in [0, 0.05) is 17.7 Å². The molecular weight excluding hydrogens is 281 g/mol. The van der Waals surface area contributed by atoms with E-state index in [2.05, 4.69) is 16.6 Å². The van der Waals surface area contributed by atoms with Gasteiger partial charge in [0.2, 0.25) is 10.0 Å². The fourth-order valence-corrected chi connectivity index (χ4v) is 2.99. The molecule has 0 aliphatic rings. The number of sulfonamides is 1. The van der Waals surface area contributed by atoms with Crippen molar-refractivity contribution in [1.82, 2.24) is 4.72 Å². The molecule has 1 rings (SSSR count). The molecule has 0 saturated heterocycles. The minimum atomic E-state index is -3.42. The number of nitrogens with one attached hydrogen (secondary N) is 1. The Balaban J connectivity index is 2.82. The molecule has 0 unspecified atom stereocenters. The van der Waals surface area contributed by atoms with Gasteiger partial charge in [-0.05, 0) is 24.1 Å². The maximum atomic E-state index is 13.6. The maximum absolute atomic E-state index is 13.6. The lowest BCUT2D eigenvalue weighted by Gasteiger charge is -2.09.